The van der Waals surface area contributed by atoms with Gasteiger partial charge in [0.25, 0.3) is 0 Å². The van der Waals surface area contributed by atoms with E-state index in [0.29, 0.717) is 0 Å². The molecule has 0 saturated carbocycles. The Bertz CT molecular complexity index is 304. The Morgan fingerprint density at radius 3 is 2.31 bits per heavy atom. The molecule has 1 heterocycles. The Morgan fingerprint density at radius 2 is 2.00 bits per heavy atom. The molecule has 1 aromatic heterocycles. The van der Waals surface area contributed by atoms with Crippen LogP contribution in [-0.4, -0.2) is 20.8 Å². The highest BCUT2D eigenvalue weighted by atomic mass is 16.3. The van der Waals surface area contributed by atoms with Gasteiger partial charge in [0.15, 0.2) is 0 Å². The molecule has 74 valence electrons. The number of aromatic nitrogens is 2. The monoisotopic (exact) mass is 183 g/mol. The lowest BCUT2D eigenvalue weighted by Gasteiger charge is -2.16. The lowest BCUT2D eigenvalue weighted by molar-refractivity contribution is 0.161. The summed E-state index contributed by atoms with van der Waals surface area (Å²) in [4.78, 5) is 4.29. The second-order valence-electron chi connectivity index (χ2n) is 3.46. The van der Waals surface area contributed by atoms with Crippen molar-refractivity contribution in [2.75, 3.05) is 0 Å². The maximum Gasteiger partial charge on any atom is 0.105 e. The normalized spacial score (nSPS) is 15.8. The number of aryl methyl sites for hydroxylation is 2. The number of aliphatic hydroxyl groups is 1. The highest BCUT2D eigenvalue weighted by Crippen LogP contribution is 2.18. The summed E-state index contributed by atoms with van der Waals surface area (Å²) in [6, 6.07) is -0.355. The fourth-order valence-electron chi connectivity index (χ4n) is 1.49. The van der Waals surface area contributed by atoms with Crippen molar-refractivity contribution >= 4 is 0 Å². The smallest absolute Gasteiger partial charge is 0.105 e. The van der Waals surface area contributed by atoms with Crippen LogP contribution < -0.4 is 5.73 Å². The van der Waals surface area contributed by atoms with Gasteiger partial charge in [-0.1, -0.05) is 0 Å². The molecule has 0 spiro atoms. The van der Waals surface area contributed by atoms with E-state index in [1.54, 1.807) is 6.92 Å². The molecule has 0 radical (unpaired) electrons. The first kappa shape index (κ1) is 10.2. The van der Waals surface area contributed by atoms with Gasteiger partial charge in [-0.3, -0.25) is 0 Å². The quantitative estimate of drug-likeness (QED) is 0.698. The van der Waals surface area contributed by atoms with Crippen molar-refractivity contribution in [3.63, 3.8) is 0 Å². The van der Waals surface area contributed by atoms with Crippen molar-refractivity contribution < 1.29 is 5.11 Å². The van der Waals surface area contributed by atoms with Crippen molar-refractivity contribution in [3.05, 3.63) is 17.2 Å². The minimum atomic E-state index is -0.548. The van der Waals surface area contributed by atoms with E-state index in [0.717, 1.165) is 17.2 Å². The van der Waals surface area contributed by atoms with E-state index in [1.165, 1.54) is 0 Å². The summed E-state index contributed by atoms with van der Waals surface area (Å²) in [7, 11) is 1.91. The molecular formula is C9H17N3O. The molecular weight excluding hydrogens is 166 g/mol. The minimum absolute atomic E-state index is 0.355. The summed E-state index contributed by atoms with van der Waals surface area (Å²) >= 11 is 0. The molecule has 1 aromatic rings. The van der Waals surface area contributed by atoms with Gasteiger partial charge in [0.05, 0.1) is 23.5 Å². The second-order valence-corrected chi connectivity index (χ2v) is 3.46. The first-order valence-electron chi connectivity index (χ1n) is 4.38. The molecule has 0 bridgehead atoms. The van der Waals surface area contributed by atoms with Crippen LogP contribution in [0.2, 0.25) is 0 Å². The molecule has 0 aliphatic carbocycles. The van der Waals surface area contributed by atoms with Gasteiger partial charge in [-0.05, 0) is 20.8 Å². The van der Waals surface area contributed by atoms with E-state index in [-0.39, 0.29) is 6.04 Å². The van der Waals surface area contributed by atoms with E-state index in [2.05, 4.69) is 4.98 Å². The summed E-state index contributed by atoms with van der Waals surface area (Å²) in [5, 5.41) is 9.37. The highest BCUT2D eigenvalue weighted by molar-refractivity contribution is 5.19. The van der Waals surface area contributed by atoms with Gasteiger partial charge in [0.1, 0.15) is 5.82 Å². The van der Waals surface area contributed by atoms with Crippen LogP contribution in [0.15, 0.2) is 0 Å². The lowest BCUT2D eigenvalue weighted by Crippen LogP contribution is -2.26. The molecule has 1 rings (SSSR count). The molecule has 0 fully saturated rings. The van der Waals surface area contributed by atoms with Crippen molar-refractivity contribution in [1.82, 2.24) is 9.55 Å². The Morgan fingerprint density at radius 1 is 1.46 bits per heavy atom. The van der Waals surface area contributed by atoms with Gasteiger partial charge in [0.2, 0.25) is 0 Å². The maximum atomic E-state index is 9.37. The first-order chi connectivity index (χ1) is 5.95. The molecule has 4 heteroatoms. The summed E-state index contributed by atoms with van der Waals surface area (Å²) in [5.74, 6) is 0.920. The van der Waals surface area contributed by atoms with Crippen molar-refractivity contribution in [2.45, 2.75) is 32.9 Å². The number of hydrogen-bond acceptors (Lipinski definition) is 3. The molecule has 0 aromatic carbocycles. The number of nitrogens with zero attached hydrogens (tertiary/aromatic N) is 2. The van der Waals surface area contributed by atoms with E-state index in [4.69, 9.17) is 5.73 Å². The molecule has 0 amide bonds. The molecule has 4 nitrogen and oxygen atoms in total. The molecule has 0 aliphatic rings. The SMILES string of the molecule is Cc1nc(C)n(C)c1C(N)C(C)O. The summed E-state index contributed by atoms with van der Waals surface area (Å²) in [6.07, 6.45) is -0.548. The zero-order chi connectivity index (χ0) is 10.2. The van der Waals surface area contributed by atoms with Gasteiger partial charge in [-0.25, -0.2) is 4.98 Å². The Kier molecular flexibility index (Phi) is 2.73. The van der Waals surface area contributed by atoms with Gasteiger partial charge in [-0.2, -0.15) is 0 Å². The third-order valence-corrected chi connectivity index (χ3v) is 2.38. The average molecular weight is 183 g/mol. The Balaban J connectivity index is 3.13. The van der Waals surface area contributed by atoms with Crippen LogP contribution in [-0.2, 0) is 7.05 Å². The molecule has 13 heavy (non-hydrogen) atoms. The van der Waals surface area contributed by atoms with Gasteiger partial charge in [-0.15, -0.1) is 0 Å². The predicted octanol–water partition coefficient (Wildman–Crippen LogP) is 0.418. The number of aliphatic hydroxyl groups excluding tert-OH is 1. The van der Waals surface area contributed by atoms with Crippen LogP contribution >= 0.6 is 0 Å². The summed E-state index contributed by atoms with van der Waals surface area (Å²) < 4.78 is 1.92. The Labute approximate surface area is 78.4 Å². The summed E-state index contributed by atoms with van der Waals surface area (Å²) in [5.41, 5.74) is 7.65. The van der Waals surface area contributed by atoms with Crippen molar-refractivity contribution in [1.29, 1.82) is 0 Å². The van der Waals surface area contributed by atoms with Gasteiger partial charge < -0.3 is 15.4 Å². The standard InChI is InChI=1S/C9H17N3O/c1-5-9(8(10)6(2)13)12(4)7(3)11-5/h6,8,13H,10H2,1-4H3. The topological polar surface area (TPSA) is 64.1 Å². The van der Waals surface area contributed by atoms with E-state index < -0.39 is 6.10 Å². The third kappa shape index (κ3) is 1.73. The second kappa shape index (κ2) is 3.47. The number of hydrogen-bond donors (Lipinski definition) is 2. The minimum Gasteiger partial charge on any atom is -0.391 e. The molecule has 0 aliphatic heterocycles. The zero-order valence-electron chi connectivity index (χ0n) is 8.57. The van der Waals surface area contributed by atoms with Crippen LogP contribution in [0.4, 0.5) is 0 Å². The largest absolute Gasteiger partial charge is 0.391 e. The summed E-state index contributed by atoms with van der Waals surface area (Å²) in [6.45, 7) is 5.52. The number of nitrogens with two attached hydrogens (primary N) is 1. The van der Waals surface area contributed by atoms with Gasteiger partial charge in [0, 0.05) is 7.05 Å². The Hall–Kier alpha value is -0.870. The van der Waals surface area contributed by atoms with Crippen molar-refractivity contribution in [3.8, 4) is 0 Å². The van der Waals surface area contributed by atoms with Crippen LogP contribution in [0, 0.1) is 13.8 Å². The van der Waals surface area contributed by atoms with Crippen LogP contribution in [0.5, 0.6) is 0 Å². The van der Waals surface area contributed by atoms with Crippen LogP contribution in [0.1, 0.15) is 30.2 Å². The van der Waals surface area contributed by atoms with E-state index in [1.807, 2.05) is 25.5 Å². The molecule has 2 atom stereocenters. The number of rotatable bonds is 2. The molecule has 0 saturated heterocycles. The number of imidazole rings is 1. The fraction of sp³-hybridized carbons (Fsp3) is 0.667. The fourth-order valence-corrected chi connectivity index (χ4v) is 1.49. The third-order valence-electron chi connectivity index (χ3n) is 2.38. The molecule has 2 unspecified atom stereocenters. The van der Waals surface area contributed by atoms with Crippen LogP contribution in [0.25, 0.3) is 0 Å². The zero-order valence-corrected chi connectivity index (χ0v) is 8.57. The average Bonchev–Trinajstić information content (AvgIpc) is 2.26. The van der Waals surface area contributed by atoms with E-state index >= 15 is 0 Å². The van der Waals surface area contributed by atoms with Crippen molar-refractivity contribution in [2.24, 2.45) is 12.8 Å². The van der Waals surface area contributed by atoms with E-state index in [9.17, 15) is 5.11 Å². The van der Waals surface area contributed by atoms with Crippen LogP contribution in [0.3, 0.4) is 0 Å². The highest BCUT2D eigenvalue weighted by Gasteiger charge is 2.19. The maximum absolute atomic E-state index is 9.37. The first-order valence-corrected chi connectivity index (χ1v) is 4.38. The van der Waals surface area contributed by atoms with Gasteiger partial charge >= 0.3 is 0 Å². The predicted molar refractivity (Wildman–Crippen MR) is 51.3 cm³/mol. The molecule has 3 N–H and O–H groups in total. The lowest BCUT2D eigenvalue weighted by atomic mass is 10.1.